The number of nitrogen functional groups attached to an aromatic ring is 1. The Morgan fingerprint density at radius 2 is 2.17 bits per heavy atom. The summed E-state index contributed by atoms with van der Waals surface area (Å²) in [5, 5.41) is 3.24. The van der Waals surface area contributed by atoms with Crippen LogP contribution in [-0.4, -0.2) is 24.7 Å². The molecule has 5 nitrogen and oxygen atoms in total. The molecule has 1 fully saturated rings. The van der Waals surface area contributed by atoms with Gasteiger partial charge in [0, 0.05) is 19.8 Å². The highest BCUT2D eigenvalue weighted by atomic mass is 16.5. The van der Waals surface area contributed by atoms with Crippen LogP contribution in [0.5, 0.6) is 0 Å². The number of hydrogen-bond acceptors (Lipinski definition) is 5. The Morgan fingerprint density at radius 1 is 1.33 bits per heavy atom. The van der Waals surface area contributed by atoms with Crippen molar-refractivity contribution in [3.63, 3.8) is 0 Å². The fraction of sp³-hybridized carbons (Fsp3) is 0.462. The van der Waals surface area contributed by atoms with Gasteiger partial charge in [0.05, 0.1) is 5.69 Å². The molecule has 3 rings (SSSR count). The van der Waals surface area contributed by atoms with E-state index in [1.54, 1.807) is 0 Å². The van der Waals surface area contributed by atoms with Crippen LogP contribution in [-0.2, 0) is 4.74 Å². The van der Waals surface area contributed by atoms with E-state index in [4.69, 9.17) is 14.9 Å². The number of anilines is 2. The van der Waals surface area contributed by atoms with Crippen LogP contribution >= 0.6 is 0 Å². The van der Waals surface area contributed by atoms with Gasteiger partial charge in [-0.25, -0.2) is 0 Å². The highest BCUT2D eigenvalue weighted by molar-refractivity contribution is 5.86. The summed E-state index contributed by atoms with van der Waals surface area (Å²) in [5.74, 6) is 0.631. The smallest absolute Gasteiger partial charge is 0.295 e. The van der Waals surface area contributed by atoms with Crippen LogP contribution < -0.4 is 11.1 Å². The van der Waals surface area contributed by atoms with E-state index in [1.165, 1.54) is 0 Å². The van der Waals surface area contributed by atoms with Crippen LogP contribution in [0.3, 0.4) is 0 Å². The van der Waals surface area contributed by atoms with Crippen molar-refractivity contribution in [2.45, 2.75) is 12.8 Å². The van der Waals surface area contributed by atoms with E-state index in [0.29, 0.717) is 17.6 Å². The molecule has 1 saturated heterocycles. The van der Waals surface area contributed by atoms with E-state index in [0.717, 1.165) is 43.7 Å². The van der Waals surface area contributed by atoms with E-state index in [9.17, 15) is 0 Å². The number of ether oxygens (including phenoxy) is 1. The number of nitrogens with zero attached hydrogens (tertiary/aromatic N) is 1. The van der Waals surface area contributed by atoms with Gasteiger partial charge in [-0.3, -0.25) is 0 Å². The van der Waals surface area contributed by atoms with Gasteiger partial charge in [-0.1, -0.05) is 6.07 Å². The average molecular weight is 247 g/mol. The Labute approximate surface area is 105 Å². The molecule has 0 atom stereocenters. The zero-order chi connectivity index (χ0) is 12.4. The molecule has 96 valence electrons. The quantitative estimate of drug-likeness (QED) is 0.814. The summed E-state index contributed by atoms with van der Waals surface area (Å²) < 4.78 is 10.9. The predicted molar refractivity (Wildman–Crippen MR) is 70.5 cm³/mol. The molecule has 5 heteroatoms. The maximum atomic E-state index is 5.84. The lowest BCUT2D eigenvalue weighted by Crippen LogP contribution is -2.22. The summed E-state index contributed by atoms with van der Waals surface area (Å²) in [5.41, 5.74) is 7.95. The molecule has 0 amide bonds. The van der Waals surface area contributed by atoms with Gasteiger partial charge in [-0.15, -0.1) is 0 Å². The second kappa shape index (κ2) is 4.86. The van der Waals surface area contributed by atoms with Crippen LogP contribution in [0.15, 0.2) is 22.6 Å². The third-order valence-corrected chi connectivity index (χ3v) is 3.33. The molecule has 0 spiro atoms. The summed E-state index contributed by atoms with van der Waals surface area (Å²) >= 11 is 0. The minimum Gasteiger partial charge on any atom is -0.423 e. The lowest BCUT2D eigenvalue weighted by atomic mass is 10.0. The average Bonchev–Trinajstić information content (AvgIpc) is 2.82. The van der Waals surface area contributed by atoms with E-state index >= 15 is 0 Å². The second-order valence-corrected chi connectivity index (χ2v) is 4.65. The van der Waals surface area contributed by atoms with Crippen LogP contribution in [0.25, 0.3) is 11.1 Å². The SMILES string of the molecule is Nc1cccc2oc(NCC3CCOCC3)nc12. The highest BCUT2D eigenvalue weighted by Crippen LogP contribution is 2.24. The van der Waals surface area contributed by atoms with Gasteiger partial charge in [0.2, 0.25) is 0 Å². The predicted octanol–water partition coefficient (Wildman–Crippen LogP) is 2.25. The van der Waals surface area contributed by atoms with Crippen molar-refractivity contribution in [3.8, 4) is 0 Å². The molecule has 0 bridgehead atoms. The largest absolute Gasteiger partial charge is 0.423 e. The van der Waals surface area contributed by atoms with Crippen molar-refractivity contribution in [1.82, 2.24) is 4.98 Å². The third kappa shape index (κ3) is 2.26. The topological polar surface area (TPSA) is 73.3 Å². The second-order valence-electron chi connectivity index (χ2n) is 4.65. The Hall–Kier alpha value is -1.75. The number of para-hydroxylation sites is 1. The Bertz CT molecular complexity index is 532. The first-order valence-electron chi connectivity index (χ1n) is 6.29. The number of hydrogen-bond donors (Lipinski definition) is 2. The van der Waals surface area contributed by atoms with Crippen molar-refractivity contribution in [2.75, 3.05) is 30.8 Å². The van der Waals surface area contributed by atoms with Crippen molar-refractivity contribution in [2.24, 2.45) is 5.92 Å². The van der Waals surface area contributed by atoms with Gasteiger partial charge in [0.1, 0.15) is 5.52 Å². The Morgan fingerprint density at radius 3 is 2.94 bits per heavy atom. The number of aromatic nitrogens is 1. The molecule has 0 radical (unpaired) electrons. The van der Waals surface area contributed by atoms with Crippen molar-refractivity contribution in [1.29, 1.82) is 0 Å². The summed E-state index contributed by atoms with van der Waals surface area (Å²) in [6.07, 6.45) is 2.19. The molecule has 1 aromatic carbocycles. The summed E-state index contributed by atoms with van der Waals surface area (Å²) in [4.78, 5) is 4.36. The highest BCUT2D eigenvalue weighted by Gasteiger charge is 2.15. The first-order chi connectivity index (χ1) is 8.83. The summed E-state index contributed by atoms with van der Waals surface area (Å²) in [7, 11) is 0. The standard InChI is InChI=1S/C13H17N3O2/c14-10-2-1-3-11-12(10)16-13(18-11)15-8-9-4-6-17-7-5-9/h1-3,9H,4-8,14H2,(H,15,16). The maximum Gasteiger partial charge on any atom is 0.295 e. The van der Waals surface area contributed by atoms with Gasteiger partial charge in [0.25, 0.3) is 6.01 Å². The van der Waals surface area contributed by atoms with Crippen molar-refractivity contribution in [3.05, 3.63) is 18.2 Å². The molecule has 0 unspecified atom stereocenters. The van der Waals surface area contributed by atoms with Gasteiger partial charge in [0.15, 0.2) is 5.58 Å². The number of nitrogens with two attached hydrogens (primary N) is 1. The first-order valence-corrected chi connectivity index (χ1v) is 6.29. The van der Waals surface area contributed by atoms with Crippen LogP contribution in [0.2, 0.25) is 0 Å². The van der Waals surface area contributed by atoms with Crippen LogP contribution in [0.1, 0.15) is 12.8 Å². The number of oxazole rings is 1. The number of benzene rings is 1. The molecule has 2 aromatic rings. The van der Waals surface area contributed by atoms with Gasteiger partial charge < -0.3 is 20.2 Å². The zero-order valence-electron chi connectivity index (χ0n) is 10.2. The van der Waals surface area contributed by atoms with Gasteiger partial charge in [-0.2, -0.15) is 4.98 Å². The molecule has 18 heavy (non-hydrogen) atoms. The first kappa shape index (κ1) is 11.3. The molecule has 2 heterocycles. The molecule has 1 aromatic heterocycles. The van der Waals surface area contributed by atoms with E-state index in [2.05, 4.69) is 10.3 Å². The molecule has 3 N–H and O–H groups in total. The van der Waals surface area contributed by atoms with Gasteiger partial charge in [-0.05, 0) is 30.9 Å². The minimum absolute atomic E-state index is 0.550. The van der Waals surface area contributed by atoms with Crippen LogP contribution in [0.4, 0.5) is 11.7 Å². The molecule has 0 saturated carbocycles. The van der Waals surface area contributed by atoms with Crippen molar-refractivity contribution >= 4 is 22.8 Å². The lowest BCUT2D eigenvalue weighted by Gasteiger charge is -2.21. The number of fused-ring (bicyclic) bond motifs is 1. The molecular formula is C13H17N3O2. The van der Waals surface area contributed by atoms with E-state index in [-0.39, 0.29) is 0 Å². The monoisotopic (exact) mass is 247 g/mol. The summed E-state index contributed by atoms with van der Waals surface area (Å²) in [6, 6.07) is 6.12. The molecule has 0 aliphatic carbocycles. The third-order valence-electron chi connectivity index (χ3n) is 3.33. The number of rotatable bonds is 3. The Kier molecular flexibility index (Phi) is 3.06. The van der Waals surface area contributed by atoms with Crippen molar-refractivity contribution < 1.29 is 9.15 Å². The Balaban J connectivity index is 1.69. The molecule has 1 aliphatic heterocycles. The van der Waals surface area contributed by atoms with E-state index in [1.807, 2.05) is 18.2 Å². The molecular weight excluding hydrogens is 230 g/mol. The fourth-order valence-corrected chi connectivity index (χ4v) is 2.23. The number of nitrogens with one attached hydrogen (secondary N) is 1. The minimum atomic E-state index is 0.550. The fourth-order valence-electron chi connectivity index (χ4n) is 2.23. The zero-order valence-corrected chi connectivity index (χ0v) is 10.2. The summed E-state index contributed by atoms with van der Waals surface area (Å²) in [6.45, 7) is 2.58. The van der Waals surface area contributed by atoms with Crippen LogP contribution in [0, 0.1) is 5.92 Å². The normalized spacial score (nSPS) is 17.1. The maximum absolute atomic E-state index is 5.84. The molecule has 1 aliphatic rings. The van der Waals surface area contributed by atoms with Gasteiger partial charge >= 0.3 is 0 Å². The lowest BCUT2D eigenvalue weighted by molar-refractivity contribution is 0.0698. The van der Waals surface area contributed by atoms with E-state index < -0.39 is 0 Å².